The molecule has 0 aromatic carbocycles. The van der Waals surface area contributed by atoms with E-state index in [0.29, 0.717) is 12.4 Å². The van der Waals surface area contributed by atoms with Crippen molar-refractivity contribution in [2.45, 2.75) is 26.3 Å². The minimum absolute atomic E-state index is 0.235. The molecular weight excluding hydrogens is 240 g/mol. The minimum atomic E-state index is 0.235. The summed E-state index contributed by atoms with van der Waals surface area (Å²) in [7, 11) is 0. The molecule has 0 amide bonds. The van der Waals surface area contributed by atoms with Crippen LogP contribution in [0.3, 0.4) is 0 Å². The molecule has 6 heteroatoms. The summed E-state index contributed by atoms with van der Waals surface area (Å²) in [5.74, 6) is 0.677. The number of nitrogens with one attached hydrogen (secondary N) is 1. The predicted octanol–water partition coefficient (Wildman–Crippen LogP) is 2.36. The standard InChI is InChI=1S/C11H15ClN4O/c1-3-13-9-7(2)14-11(12)16-10(9)15-8-4-5-17-6-8/h3,8H,4-6H2,1-2H3,(H,14,15,16)/t8-/m1/s1. The van der Waals surface area contributed by atoms with E-state index in [1.807, 2.05) is 13.8 Å². The topological polar surface area (TPSA) is 59.4 Å². The average Bonchev–Trinajstić information content (AvgIpc) is 2.76. The van der Waals surface area contributed by atoms with Gasteiger partial charge in [0.25, 0.3) is 0 Å². The van der Waals surface area contributed by atoms with Gasteiger partial charge in [-0.05, 0) is 31.9 Å². The van der Waals surface area contributed by atoms with Crippen molar-refractivity contribution < 1.29 is 4.74 Å². The van der Waals surface area contributed by atoms with Crippen LogP contribution in [-0.4, -0.2) is 35.4 Å². The number of rotatable bonds is 3. The number of halogens is 1. The van der Waals surface area contributed by atoms with E-state index in [1.54, 1.807) is 6.21 Å². The minimum Gasteiger partial charge on any atom is -0.379 e. The molecule has 0 spiro atoms. The third kappa shape index (κ3) is 2.92. The summed E-state index contributed by atoms with van der Waals surface area (Å²) in [6.45, 7) is 5.19. The van der Waals surface area contributed by atoms with Gasteiger partial charge < -0.3 is 10.1 Å². The lowest BCUT2D eigenvalue weighted by Crippen LogP contribution is -2.20. The highest BCUT2D eigenvalue weighted by Crippen LogP contribution is 2.28. The number of ether oxygens (including phenoxy) is 1. The lowest BCUT2D eigenvalue weighted by atomic mass is 10.2. The first-order valence-corrected chi connectivity index (χ1v) is 5.95. The van der Waals surface area contributed by atoms with Gasteiger partial charge in [0.15, 0.2) is 5.82 Å². The van der Waals surface area contributed by atoms with E-state index < -0.39 is 0 Å². The van der Waals surface area contributed by atoms with Crippen LogP contribution < -0.4 is 5.32 Å². The van der Waals surface area contributed by atoms with Crippen LogP contribution in [0.1, 0.15) is 19.0 Å². The maximum Gasteiger partial charge on any atom is 0.224 e. The van der Waals surface area contributed by atoms with E-state index in [0.717, 1.165) is 24.4 Å². The molecule has 1 aliphatic rings. The lowest BCUT2D eigenvalue weighted by Gasteiger charge is -2.14. The molecule has 2 rings (SSSR count). The smallest absolute Gasteiger partial charge is 0.224 e. The Bertz CT molecular complexity index is 430. The maximum absolute atomic E-state index is 5.86. The Balaban J connectivity index is 2.29. The summed E-state index contributed by atoms with van der Waals surface area (Å²) in [6, 6.07) is 0.270. The molecule has 1 aliphatic heterocycles. The van der Waals surface area contributed by atoms with Crippen molar-refractivity contribution in [2.75, 3.05) is 18.5 Å². The number of aryl methyl sites for hydroxylation is 1. The van der Waals surface area contributed by atoms with Crippen molar-refractivity contribution in [1.82, 2.24) is 9.97 Å². The van der Waals surface area contributed by atoms with Gasteiger partial charge in [-0.2, -0.15) is 4.98 Å². The van der Waals surface area contributed by atoms with Crippen molar-refractivity contribution >= 4 is 29.3 Å². The fourth-order valence-electron chi connectivity index (χ4n) is 1.76. The maximum atomic E-state index is 5.86. The van der Waals surface area contributed by atoms with E-state index in [4.69, 9.17) is 16.3 Å². The van der Waals surface area contributed by atoms with Gasteiger partial charge in [-0.3, -0.25) is 4.99 Å². The number of anilines is 1. The zero-order valence-electron chi connectivity index (χ0n) is 9.90. The number of nitrogens with zero attached hydrogens (tertiary/aromatic N) is 3. The van der Waals surface area contributed by atoms with Gasteiger partial charge in [0.1, 0.15) is 5.69 Å². The second-order valence-corrected chi connectivity index (χ2v) is 4.21. The molecule has 1 aromatic heterocycles. The molecule has 1 fully saturated rings. The predicted molar refractivity (Wildman–Crippen MR) is 68.5 cm³/mol. The molecule has 0 aliphatic carbocycles. The first-order chi connectivity index (χ1) is 8.20. The second kappa shape index (κ2) is 5.42. The van der Waals surface area contributed by atoms with Gasteiger partial charge >= 0.3 is 0 Å². The fourth-order valence-corrected chi connectivity index (χ4v) is 1.97. The Morgan fingerprint density at radius 2 is 2.35 bits per heavy atom. The zero-order valence-corrected chi connectivity index (χ0v) is 10.7. The molecule has 0 radical (unpaired) electrons. The molecule has 0 saturated carbocycles. The molecular formula is C11H15ClN4O. The van der Waals surface area contributed by atoms with Crippen LogP contribution in [0.25, 0.3) is 0 Å². The molecule has 1 aromatic rings. The summed E-state index contributed by atoms with van der Waals surface area (Å²) in [5.41, 5.74) is 1.51. The van der Waals surface area contributed by atoms with Crippen LogP contribution in [0.15, 0.2) is 4.99 Å². The third-order valence-electron chi connectivity index (χ3n) is 2.56. The molecule has 92 valence electrons. The number of aromatic nitrogens is 2. The molecule has 1 N–H and O–H groups in total. The normalized spacial score (nSPS) is 20.1. The molecule has 1 saturated heterocycles. The van der Waals surface area contributed by atoms with Gasteiger partial charge in [0, 0.05) is 12.8 Å². The van der Waals surface area contributed by atoms with Gasteiger partial charge in [-0.25, -0.2) is 4.98 Å². The summed E-state index contributed by atoms with van der Waals surface area (Å²) >= 11 is 5.86. The Morgan fingerprint density at radius 1 is 1.53 bits per heavy atom. The van der Waals surface area contributed by atoms with Gasteiger partial charge in [0.05, 0.1) is 18.3 Å². The molecule has 5 nitrogen and oxygen atoms in total. The highest BCUT2D eigenvalue weighted by atomic mass is 35.5. The Hall–Kier alpha value is -1.20. The second-order valence-electron chi connectivity index (χ2n) is 3.87. The Labute approximate surface area is 105 Å². The summed E-state index contributed by atoms with van der Waals surface area (Å²) < 4.78 is 5.31. The van der Waals surface area contributed by atoms with Crippen molar-refractivity contribution in [2.24, 2.45) is 4.99 Å². The number of hydrogen-bond acceptors (Lipinski definition) is 5. The lowest BCUT2D eigenvalue weighted by molar-refractivity contribution is 0.195. The highest BCUT2D eigenvalue weighted by Gasteiger charge is 2.18. The van der Waals surface area contributed by atoms with Crippen molar-refractivity contribution in [3.63, 3.8) is 0 Å². The van der Waals surface area contributed by atoms with Crippen LogP contribution >= 0.6 is 11.6 Å². The van der Waals surface area contributed by atoms with Crippen molar-refractivity contribution in [1.29, 1.82) is 0 Å². The van der Waals surface area contributed by atoms with E-state index in [9.17, 15) is 0 Å². The van der Waals surface area contributed by atoms with Crippen molar-refractivity contribution in [3.8, 4) is 0 Å². The fraction of sp³-hybridized carbons (Fsp3) is 0.545. The SMILES string of the molecule is CC=Nc1c(C)nc(Cl)nc1N[C@@H]1CCOC1. The van der Waals surface area contributed by atoms with Crippen LogP contribution in [0, 0.1) is 6.92 Å². The zero-order chi connectivity index (χ0) is 12.3. The number of aliphatic imine (C=N–C) groups is 1. The number of hydrogen-bond donors (Lipinski definition) is 1. The molecule has 2 heterocycles. The Morgan fingerprint density at radius 3 is 3.00 bits per heavy atom. The van der Waals surface area contributed by atoms with Crippen LogP contribution in [0.2, 0.25) is 5.28 Å². The molecule has 1 atom stereocenters. The highest BCUT2D eigenvalue weighted by molar-refractivity contribution is 6.28. The van der Waals surface area contributed by atoms with Crippen LogP contribution in [0.4, 0.5) is 11.5 Å². The van der Waals surface area contributed by atoms with E-state index in [1.165, 1.54) is 0 Å². The van der Waals surface area contributed by atoms with E-state index in [2.05, 4.69) is 20.3 Å². The Kier molecular flexibility index (Phi) is 3.91. The van der Waals surface area contributed by atoms with Crippen LogP contribution in [0.5, 0.6) is 0 Å². The summed E-state index contributed by atoms with van der Waals surface area (Å²) in [5, 5.41) is 3.54. The largest absolute Gasteiger partial charge is 0.379 e. The molecule has 17 heavy (non-hydrogen) atoms. The monoisotopic (exact) mass is 254 g/mol. The summed E-state index contributed by atoms with van der Waals surface area (Å²) in [4.78, 5) is 12.6. The first-order valence-electron chi connectivity index (χ1n) is 5.58. The molecule has 0 bridgehead atoms. The van der Waals surface area contributed by atoms with E-state index >= 15 is 0 Å². The average molecular weight is 255 g/mol. The van der Waals surface area contributed by atoms with Crippen LogP contribution in [-0.2, 0) is 4.74 Å². The third-order valence-corrected chi connectivity index (χ3v) is 2.73. The quantitative estimate of drug-likeness (QED) is 0.665. The van der Waals surface area contributed by atoms with Gasteiger partial charge in [-0.15, -0.1) is 0 Å². The summed E-state index contributed by atoms with van der Waals surface area (Å²) in [6.07, 6.45) is 2.69. The first kappa shape index (κ1) is 12.3. The van der Waals surface area contributed by atoms with Crippen molar-refractivity contribution in [3.05, 3.63) is 11.0 Å². The molecule has 0 unspecified atom stereocenters. The van der Waals surface area contributed by atoms with Gasteiger partial charge in [-0.1, -0.05) is 0 Å². The van der Waals surface area contributed by atoms with Gasteiger partial charge in [0.2, 0.25) is 5.28 Å². The van der Waals surface area contributed by atoms with E-state index in [-0.39, 0.29) is 11.3 Å².